The van der Waals surface area contributed by atoms with Crippen LogP contribution in [0.25, 0.3) is 0 Å². The highest BCUT2D eigenvalue weighted by molar-refractivity contribution is 5.73. The van der Waals surface area contributed by atoms with Crippen LogP contribution in [-0.4, -0.2) is 23.4 Å². The average Bonchev–Trinajstić information content (AvgIpc) is 1.63. The van der Waals surface area contributed by atoms with Gasteiger partial charge in [-0.15, -0.1) is 0 Å². The van der Waals surface area contributed by atoms with Crippen LogP contribution in [0.1, 0.15) is 13.8 Å². The number of aliphatic hydroxyl groups is 1. The molecule has 0 aliphatic heterocycles. The molecule has 0 aromatic heterocycles. The Morgan fingerprint density at radius 3 is 2.22 bits per heavy atom. The maximum absolute atomic E-state index is 10.4. The first-order valence-electron chi connectivity index (χ1n) is 2.68. The molecule has 3 N–H and O–H groups in total. The molecule has 2 unspecified atom stereocenters. The van der Waals surface area contributed by atoms with Crippen molar-refractivity contribution >= 4 is 5.97 Å². The Morgan fingerprint density at radius 1 is 1.67 bits per heavy atom. The van der Waals surface area contributed by atoms with E-state index in [1.54, 1.807) is 0 Å². The van der Waals surface area contributed by atoms with Crippen molar-refractivity contribution in [3.8, 4) is 0 Å². The summed E-state index contributed by atoms with van der Waals surface area (Å²) >= 11 is 0. The van der Waals surface area contributed by atoms with Crippen molar-refractivity contribution in [2.75, 3.05) is 0 Å². The molecule has 0 aromatic rings. The summed E-state index contributed by atoms with van der Waals surface area (Å²) in [6.45, 7) is 2.84. The molecule has 0 spiro atoms. The Kier molecular flexibility index (Phi) is 3.19. The number of carbonyl (C=O) groups is 1. The largest absolute Gasteiger partial charge is 0.445 e. The van der Waals surface area contributed by atoms with E-state index < -0.39 is 18.3 Å². The van der Waals surface area contributed by atoms with E-state index in [0.29, 0.717) is 0 Å². The number of aliphatic hydroxyl groups excluding tert-OH is 1. The zero-order valence-electron chi connectivity index (χ0n) is 5.50. The van der Waals surface area contributed by atoms with Crippen molar-refractivity contribution in [2.24, 2.45) is 5.73 Å². The fourth-order valence-electron chi connectivity index (χ4n) is 0.282. The summed E-state index contributed by atoms with van der Waals surface area (Å²) in [7, 11) is 0. The normalized spacial score (nSPS) is 16.4. The van der Waals surface area contributed by atoms with E-state index in [4.69, 9.17) is 10.8 Å². The molecule has 9 heavy (non-hydrogen) atoms. The van der Waals surface area contributed by atoms with Crippen molar-refractivity contribution in [3.05, 3.63) is 0 Å². The molecule has 54 valence electrons. The van der Waals surface area contributed by atoms with Crippen LogP contribution in [0.4, 0.5) is 0 Å². The zero-order chi connectivity index (χ0) is 7.44. The van der Waals surface area contributed by atoms with Crippen molar-refractivity contribution < 1.29 is 14.6 Å². The number of ether oxygens (including phenoxy) is 1. The van der Waals surface area contributed by atoms with Crippen LogP contribution in [0, 0.1) is 0 Å². The average molecular weight is 133 g/mol. The van der Waals surface area contributed by atoms with E-state index in [-0.39, 0.29) is 0 Å². The molecule has 0 amide bonds. The number of hydrogen-bond donors (Lipinski definition) is 2. The standard InChI is InChI=1S/C5H11NO3/c1-3(7)5(8)9-4(2)6/h3-4,7H,6H2,1-2H3. The zero-order valence-corrected chi connectivity index (χ0v) is 5.50. The minimum absolute atomic E-state index is 0.646. The van der Waals surface area contributed by atoms with Gasteiger partial charge in [0.25, 0.3) is 0 Å². The van der Waals surface area contributed by atoms with Gasteiger partial charge in [0, 0.05) is 0 Å². The second-order valence-electron chi connectivity index (χ2n) is 1.82. The fourth-order valence-corrected chi connectivity index (χ4v) is 0.282. The third kappa shape index (κ3) is 3.93. The Morgan fingerprint density at radius 2 is 2.11 bits per heavy atom. The lowest BCUT2D eigenvalue weighted by molar-refractivity contribution is -0.156. The molecule has 0 rings (SSSR count). The smallest absolute Gasteiger partial charge is 0.336 e. The maximum atomic E-state index is 10.4. The first kappa shape index (κ1) is 8.39. The molecule has 0 saturated heterocycles. The van der Waals surface area contributed by atoms with Crippen LogP contribution in [-0.2, 0) is 9.53 Å². The predicted octanol–water partition coefficient (Wildman–Crippen LogP) is -0.785. The van der Waals surface area contributed by atoms with Gasteiger partial charge in [-0.3, -0.25) is 5.73 Å². The highest BCUT2D eigenvalue weighted by Gasteiger charge is 2.10. The lowest BCUT2D eigenvalue weighted by Gasteiger charge is -2.08. The van der Waals surface area contributed by atoms with Crippen LogP contribution in [0.2, 0.25) is 0 Å². The van der Waals surface area contributed by atoms with E-state index in [0.717, 1.165) is 0 Å². The van der Waals surface area contributed by atoms with Crippen LogP contribution in [0.5, 0.6) is 0 Å². The summed E-state index contributed by atoms with van der Waals surface area (Å²) in [6, 6.07) is 0. The van der Waals surface area contributed by atoms with E-state index in [1.807, 2.05) is 0 Å². The first-order chi connectivity index (χ1) is 4.04. The highest BCUT2D eigenvalue weighted by Crippen LogP contribution is 1.88. The van der Waals surface area contributed by atoms with Crippen molar-refractivity contribution in [2.45, 2.75) is 26.2 Å². The molecule has 0 saturated carbocycles. The first-order valence-corrected chi connectivity index (χ1v) is 2.68. The Balaban J connectivity index is 3.51. The third-order valence-corrected chi connectivity index (χ3v) is 0.643. The van der Waals surface area contributed by atoms with E-state index >= 15 is 0 Å². The van der Waals surface area contributed by atoms with E-state index in [1.165, 1.54) is 13.8 Å². The van der Waals surface area contributed by atoms with E-state index in [2.05, 4.69) is 4.74 Å². The van der Waals surface area contributed by atoms with Gasteiger partial charge < -0.3 is 9.84 Å². The minimum atomic E-state index is -1.09. The fraction of sp³-hybridized carbons (Fsp3) is 0.800. The van der Waals surface area contributed by atoms with Crippen LogP contribution >= 0.6 is 0 Å². The summed E-state index contributed by atoms with van der Waals surface area (Å²) in [6.07, 6.45) is -1.73. The van der Waals surface area contributed by atoms with Gasteiger partial charge in [-0.25, -0.2) is 4.79 Å². The lowest BCUT2D eigenvalue weighted by atomic mass is 10.4. The quantitative estimate of drug-likeness (QED) is 0.382. The van der Waals surface area contributed by atoms with Gasteiger partial charge in [-0.2, -0.15) is 0 Å². The molecule has 0 radical (unpaired) electrons. The molecule has 0 bridgehead atoms. The molecule has 0 heterocycles. The summed E-state index contributed by atoms with van der Waals surface area (Å²) < 4.78 is 4.40. The van der Waals surface area contributed by atoms with Crippen molar-refractivity contribution in [1.29, 1.82) is 0 Å². The third-order valence-electron chi connectivity index (χ3n) is 0.643. The van der Waals surface area contributed by atoms with Gasteiger partial charge >= 0.3 is 5.97 Å². The van der Waals surface area contributed by atoms with Gasteiger partial charge in [-0.05, 0) is 13.8 Å². The van der Waals surface area contributed by atoms with E-state index in [9.17, 15) is 4.79 Å². The second-order valence-corrected chi connectivity index (χ2v) is 1.82. The number of hydrogen-bond acceptors (Lipinski definition) is 4. The highest BCUT2D eigenvalue weighted by atomic mass is 16.6. The molecule has 4 heteroatoms. The molecular weight excluding hydrogens is 122 g/mol. The summed E-state index contributed by atoms with van der Waals surface area (Å²) in [5.74, 6) is -0.690. The monoisotopic (exact) mass is 133 g/mol. The number of rotatable bonds is 2. The van der Waals surface area contributed by atoms with Gasteiger partial charge in [-0.1, -0.05) is 0 Å². The number of nitrogens with two attached hydrogens (primary N) is 1. The van der Waals surface area contributed by atoms with Crippen molar-refractivity contribution in [1.82, 2.24) is 0 Å². The number of esters is 1. The molecule has 4 nitrogen and oxygen atoms in total. The second kappa shape index (κ2) is 3.42. The van der Waals surface area contributed by atoms with Gasteiger partial charge in [0.15, 0.2) is 0 Å². The minimum Gasteiger partial charge on any atom is -0.445 e. The van der Waals surface area contributed by atoms with Gasteiger partial charge in [0.05, 0.1) is 0 Å². The Bertz CT molecular complexity index is 100. The molecule has 2 atom stereocenters. The molecule has 0 aromatic carbocycles. The van der Waals surface area contributed by atoms with Crippen LogP contribution < -0.4 is 5.73 Å². The van der Waals surface area contributed by atoms with Crippen LogP contribution in [0.3, 0.4) is 0 Å². The lowest BCUT2D eigenvalue weighted by Crippen LogP contribution is -2.29. The van der Waals surface area contributed by atoms with Crippen LogP contribution in [0.15, 0.2) is 0 Å². The Labute approximate surface area is 53.6 Å². The van der Waals surface area contributed by atoms with Gasteiger partial charge in [0.2, 0.25) is 0 Å². The maximum Gasteiger partial charge on any atom is 0.336 e. The molecule has 0 aliphatic rings. The molecule has 0 fully saturated rings. The summed E-state index contributed by atoms with van der Waals surface area (Å²) in [4.78, 5) is 10.4. The summed E-state index contributed by atoms with van der Waals surface area (Å²) in [5.41, 5.74) is 5.08. The SMILES string of the molecule is CC(N)OC(=O)C(C)O. The predicted molar refractivity (Wildman–Crippen MR) is 31.4 cm³/mol. The topological polar surface area (TPSA) is 72.5 Å². The summed E-state index contributed by atoms with van der Waals surface area (Å²) in [5, 5.41) is 8.54. The number of carbonyl (C=O) groups excluding carboxylic acids is 1. The molecular formula is C5H11NO3. The van der Waals surface area contributed by atoms with Gasteiger partial charge in [0.1, 0.15) is 12.3 Å². The van der Waals surface area contributed by atoms with Crippen molar-refractivity contribution in [3.63, 3.8) is 0 Å². The molecule has 0 aliphatic carbocycles. The Hall–Kier alpha value is -0.610.